The number of hydroxylamine groups is 1. The first-order valence-corrected chi connectivity index (χ1v) is 8.01. The van der Waals surface area contributed by atoms with Gasteiger partial charge in [0.05, 0.1) is 6.42 Å². The molecule has 150 valence electrons. The standard InChI is InChI=1S/C16H28N2O8/c1-9(12(20)21)18-26-13(22)10(8-11(19)24-15(2,3)4)17-14(23)25-16(5,6)7/h9-10,18H,8H2,1-7H3,(H,17,23)(H,20,21)/t9?,10-/m0/s1. The average molecular weight is 376 g/mol. The van der Waals surface area contributed by atoms with E-state index in [9.17, 15) is 19.2 Å². The number of carbonyl (C=O) groups excluding carboxylic acids is 3. The van der Waals surface area contributed by atoms with E-state index in [-0.39, 0.29) is 0 Å². The minimum absolute atomic E-state index is 0.515. The maximum absolute atomic E-state index is 12.1. The zero-order valence-corrected chi connectivity index (χ0v) is 16.2. The molecule has 10 nitrogen and oxygen atoms in total. The second kappa shape index (κ2) is 9.37. The van der Waals surface area contributed by atoms with Crippen molar-refractivity contribution < 1.29 is 38.6 Å². The SMILES string of the molecule is CC(NOC(=O)[C@H](CC(=O)OC(C)(C)C)NC(=O)OC(C)(C)C)C(=O)O. The number of amides is 1. The van der Waals surface area contributed by atoms with E-state index in [0.717, 1.165) is 0 Å². The van der Waals surface area contributed by atoms with E-state index in [1.165, 1.54) is 6.92 Å². The third-order valence-electron chi connectivity index (χ3n) is 2.47. The molecule has 1 unspecified atom stereocenters. The van der Waals surface area contributed by atoms with Gasteiger partial charge in [0.1, 0.15) is 23.3 Å². The van der Waals surface area contributed by atoms with Crippen LogP contribution in [0.1, 0.15) is 54.9 Å². The number of carbonyl (C=O) groups is 4. The van der Waals surface area contributed by atoms with Gasteiger partial charge in [0.2, 0.25) is 0 Å². The number of carboxylic acid groups (broad SMARTS) is 1. The van der Waals surface area contributed by atoms with E-state index in [4.69, 9.17) is 14.6 Å². The smallest absolute Gasteiger partial charge is 0.408 e. The van der Waals surface area contributed by atoms with Gasteiger partial charge in [-0.2, -0.15) is 0 Å². The number of esters is 1. The number of hydrogen-bond donors (Lipinski definition) is 3. The summed E-state index contributed by atoms with van der Waals surface area (Å²) in [6, 6.07) is -2.60. The monoisotopic (exact) mass is 376 g/mol. The third kappa shape index (κ3) is 11.2. The van der Waals surface area contributed by atoms with Gasteiger partial charge in [0.25, 0.3) is 0 Å². The van der Waals surface area contributed by atoms with Gasteiger partial charge in [-0.1, -0.05) is 0 Å². The summed E-state index contributed by atoms with van der Waals surface area (Å²) in [5.41, 5.74) is 0.409. The van der Waals surface area contributed by atoms with E-state index in [1.54, 1.807) is 41.5 Å². The summed E-state index contributed by atoms with van der Waals surface area (Å²) in [5, 5.41) is 11.0. The molecule has 3 N–H and O–H groups in total. The average Bonchev–Trinajstić information content (AvgIpc) is 2.39. The van der Waals surface area contributed by atoms with Crippen LogP contribution in [0.2, 0.25) is 0 Å². The Morgan fingerprint density at radius 2 is 1.46 bits per heavy atom. The Bertz CT molecular complexity index is 503. The predicted octanol–water partition coefficient (Wildman–Crippen LogP) is 1.13. The lowest BCUT2D eigenvalue weighted by molar-refractivity contribution is -0.165. The second-order valence-corrected chi connectivity index (χ2v) is 7.59. The Hall–Kier alpha value is -2.36. The summed E-state index contributed by atoms with van der Waals surface area (Å²) >= 11 is 0. The van der Waals surface area contributed by atoms with Crippen LogP contribution in [0.4, 0.5) is 4.79 Å². The second-order valence-electron chi connectivity index (χ2n) is 7.59. The fraction of sp³-hybridized carbons (Fsp3) is 0.750. The molecule has 0 spiro atoms. The topological polar surface area (TPSA) is 140 Å². The molecular formula is C16H28N2O8. The molecule has 1 amide bonds. The van der Waals surface area contributed by atoms with Gasteiger partial charge in [-0.15, -0.1) is 5.48 Å². The van der Waals surface area contributed by atoms with Crippen molar-refractivity contribution >= 4 is 24.0 Å². The van der Waals surface area contributed by atoms with Gasteiger partial charge >= 0.3 is 24.0 Å². The summed E-state index contributed by atoms with van der Waals surface area (Å²) in [7, 11) is 0. The summed E-state index contributed by atoms with van der Waals surface area (Å²) < 4.78 is 10.2. The first kappa shape index (κ1) is 23.6. The summed E-state index contributed by atoms with van der Waals surface area (Å²) in [6.45, 7) is 11.1. The Morgan fingerprint density at radius 1 is 0.962 bits per heavy atom. The van der Waals surface area contributed by atoms with Crippen molar-refractivity contribution in [1.29, 1.82) is 0 Å². The largest absolute Gasteiger partial charge is 0.480 e. The van der Waals surface area contributed by atoms with Crippen LogP contribution in [0.15, 0.2) is 0 Å². The van der Waals surface area contributed by atoms with Crippen molar-refractivity contribution in [1.82, 2.24) is 10.8 Å². The summed E-state index contributed by atoms with van der Waals surface area (Å²) in [5.74, 6) is -3.06. The van der Waals surface area contributed by atoms with Crippen molar-refractivity contribution in [2.75, 3.05) is 0 Å². The van der Waals surface area contributed by atoms with Gasteiger partial charge in [0, 0.05) is 0 Å². The fourth-order valence-corrected chi connectivity index (χ4v) is 1.46. The molecule has 0 heterocycles. The number of hydrogen-bond acceptors (Lipinski definition) is 8. The van der Waals surface area contributed by atoms with E-state index in [0.29, 0.717) is 0 Å². The zero-order valence-electron chi connectivity index (χ0n) is 16.2. The predicted molar refractivity (Wildman–Crippen MR) is 89.9 cm³/mol. The highest BCUT2D eigenvalue weighted by atomic mass is 16.7. The minimum atomic E-state index is -1.42. The molecule has 0 aromatic rings. The van der Waals surface area contributed by atoms with Crippen LogP contribution in [0.3, 0.4) is 0 Å². The van der Waals surface area contributed by atoms with Crippen LogP contribution >= 0.6 is 0 Å². The maximum atomic E-state index is 12.1. The van der Waals surface area contributed by atoms with Gasteiger partial charge in [-0.25, -0.2) is 9.59 Å². The molecule has 26 heavy (non-hydrogen) atoms. The van der Waals surface area contributed by atoms with Crippen molar-refractivity contribution in [3.05, 3.63) is 0 Å². The molecule has 0 saturated carbocycles. The van der Waals surface area contributed by atoms with E-state index in [1.807, 2.05) is 5.48 Å². The molecule has 2 atom stereocenters. The zero-order chi connectivity index (χ0) is 20.7. The fourth-order valence-electron chi connectivity index (χ4n) is 1.46. The number of rotatable bonds is 7. The van der Waals surface area contributed by atoms with Crippen molar-refractivity contribution in [2.24, 2.45) is 0 Å². The Kier molecular flexibility index (Phi) is 8.52. The van der Waals surface area contributed by atoms with Gasteiger partial charge < -0.3 is 24.7 Å². The third-order valence-corrected chi connectivity index (χ3v) is 2.47. The first-order chi connectivity index (χ1) is 11.6. The highest BCUT2D eigenvalue weighted by Gasteiger charge is 2.30. The number of carboxylic acids is 1. The lowest BCUT2D eigenvalue weighted by Gasteiger charge is -2.24. The van der Waals surface area contributed by atoms with Gasteiger partial charge in [-0.05, 0) is 48.5 Å². The Labute approximate surface area is 152 Å². The molecule has 0 aliphatic carbocycles. The number of aliphatic carboxylic acids is 1. The molecule has 0 radical (unpaired) electrons. The van der Waals surface area contributed by atoms with Crippen LogP contribution in [0.5, 0.6) is 0 Å². The lowest BCUT2D eigenvalue weighted by atomic mass is 10.1. The normalized spacial score (nSPS) is 14.0. The van der Waals surface area contributed by atoms with E-state index >= 15 is 0 Å². The number of alkyl carbamates (subject to hydrolysis) is 1. The first-order valence-electron chi connectivity index (χ1n) is 8.01. The van der Waals surface area contributed by atoms with Crippen molar-refractivity contribution in [3.8, 4) is 0 Å². The molecule has 0 aromatic heterocycles. The van der Waals surface area contributed by atoms with Crippen LogP contribution in [0.25, 0.3) is 0 Å². The molecule has 0 fully saturated rings. The summed E-state index contributed by atoms with van der Waals surface area (Å²) in [4.78, 5) is 51.3. The molecule has 0 aliphatic rings. The van der Waals surface area contributed by atoms with E-state index in [2.05, 4.69) is 10.2 Å². The van der Waals surface area contributed by atoms with Crippen molar-refractivity contribution in [2.45, 2.75) is 78.2 Å². The maximum Gasteiger partial charge on any atom is 0.408 e. The summed E-state index contributed by atoms with van der Waals surface area (Å²) in [6.07, 6.45) is -1.45. The highest BCUT2D eigenvalue weighted by Crippen LogP contribution is 2.11. The molecule has 0 bridgehead atoms. The molecule has 0 aliphatic heterocycles. The van der Waals surface area contributed by atoms with Gasteiger partial charge in [0.15, 0.2) is 0 Å². The minimum Gasteiger partial charge on any atom is -0.480 e. The van der Waals surface area contributed by atoms with Crippen LogP contribution in [-0.4, -0.2) is 52.4 Å². The lowest BCUT2D eigenvalue weighted by Crippen LogP contribution is -2.48. The quantitative estimate of drug-likeness (QED) is 0.339. The molecule has 10 heteroatoms. The van der Waals surface area contributed by atoms with Crippen LogP contribution < -0.4 is 10.8 Å². The van der Waals surface area contributed by atoms with E-state index < -0.39 is 53.7 Å². The van der Waals surface area contributed by atoms with Crippen LogP contribution in [0, 0.1) is 0 Å². The van der Waals surface area contributed by atoms with Crippen LogP contribution in [-0.2, 0) is 28.7 Å². The van der Waals surface area contributed by atoms with Gasteiger partial charge in [-0.3, -0.25) is 9.59 Å². The Balaban J connectivity index is 5.02. The molecule has 0 aromatic carbocycles. The highest BCUT2D eigenvalue weighted by molar-refractivity contribution is 5.86. The molecule has 0 saturated heterocycles. The molecular weight excluding hydrogens is 348 g/mol. The van der Waals surface area contributed by atoms with Crippen molar-refractivity contribution in [3.63, 3.8) is 0 Å². The Morgan fingerprint density at radius 3 is 1.88 bits per heavy atom. The molecule has 0 rings (SSSR count). The number of ether oxygens (including phenoxy) is 2. The number of nitrogens with one attached hydrogen (secondary N) is 2.